The molecule has 0 radical (unpaired) electrons. The molecule has 0 spiro atoms. The molecule has 2 aromatic carbocycles. The second-order valence-corrected chi connectivity index (χ2v) is 6.00. The number of aromatic carboxylic acids is 1. The minimum atomic E-state index is -1.11. The predicted octanol–water partition coefficient (Wildman–Crippen LogP) is 3.01. The SMILES string of the molecule is O=C(O)CCCC(=O)OCCOC(=O)c1ccccc1-c1ccccc1C(=O)O. The van der Waals surface area contributed by atoms with Gasteiger partial charge in [0.05, 0.1) is 11.1 Å². The molecule has 29 heavy (non-hydrogen) atoms. The number of esters is 2. The Labute approximate surface area is 166 Å². The lowest BCUT2D eigenvalue weighted by molar-refractivity contribution is -0.145. The summed E-state index contributed by atoms with van der Waals surface area (Å²) in [6.45, 7) is -0.343. The summed E-state index contributed by atoms with van der Waals surface area (Å²) in [5.74, 6) is -3.35. The summed E-state index contributed by atoms with van der Waals surface area (Å²) in [7, 11) is 0. The van der Waals surface area contributed by atoms with Crippen LogP contribution in [0.3, 0.4) is 0 Å². The Kier molecular flexibility index (Phi) is 7.90. The molecule has 152 valence electrons. The van der Waals surface area contributed by atoms with Crippen molar-refractivity contribution in [3.05, 3.63) is 59.7 Å². The maximum absolute atomic E-state index is 12.4. The lowest BCUT2D eigenvalue weighted by Gasteiger charge is -2.12. The summed E-state index contributed by atoms with van der Waals surface area (Å²) in [4.78, 5) is 45.8. The molecule has 0 fully saturated rings. The van der Waals surface area contributed by atoms with E-state index < -0.39 is 23.9 Å². The van der Waals surface area contributed by atoms with Gasteiger partial charge in [-0.2, -0.15) is 0 Å². The highest BCUT2D eigenvalue weighted by Gasteiger charge is 2.18. The van der Waals surface area contributed by atoms with E-state index in [2.05, 4.69) is 0 Å². The zero-order chi connectivity index (χ0) is 21.2. The quantitative estimate of drug-likeness (QED) is 0.460. The smallest absolute Gasteiger partial charge is 0.338 e. The van der Waals surface area contributed by atoms with Crippen molar-refractivity contribution in [3.63, 3.8) is 0 Å². The van der Waals surface area contributed by atoms with Crippen molar-refractivity contribution in [1.29, 1.82) is 0 Å². The molecular weight excluding hydrogens is 380 g/mol. The molecule has 8 heteroatoms. The standard InChI is InChI=1S/C21H20O8/c22-18(23)10-5-11-19(24)28-12-13-29-21(27)17-9-4-2-7-15(17)14-6-1-3-8-16(14)20(25)26/h1-4,6-9H,5,10-13H2,(H,22,23)(H,25,26). The predicted molar refractivity (Wildman–Crippen MR) is 102 cm³/mol. The number of carbonyl (C=O) groups excluding carboxylic acids is 2. The van der Waals surface area contributed by atoms with Crippen LogP contribution in [0.15, 0.2) is 48.5 Å². The fourth-order valence-corrected chi connectivity index (χ4v) is 2.62. The van der Waals surface area contributed by atoms with Gasteiger partial charge in [0.25, 0.3) is 0 Å². The van der Waals surface area contributed by atoms with E-state index >= 15 is 0 Å². The van der Waals surface area contributed by atoms with Gasteiger partial charge >= 0.3 is 23.9 Å². The van der Waals surface area contributed by atoms with Crippen LogP contribution in [0.2, 0.25) is 0 Å². The number of hydrogen-bond acceptors (Lipinski definition) is 6. The highest BCUT2D eigenvalue weighted by Crippen LogP contribution is 2.27. The van der Waals surface area contributed by atoms with Crippen LogP contribution >= 0.6 is 0 Å². The summed E-state index contributed by atoms with van der Waals surface area (Å²) in [5, 5.41) is 17.9. The van der Waals surface area contributed by atoms with E-state index in [0.29, 0.717) is 11.1 Å². The van der Waals surface area contributed by atoms with Gasteiger partial charge in [-0.15, -0.1) is 0 Å². The van der Waals surface area contributed by atoms with Crippen molar-refractivity contribution >= 4 is 23.9 Å². The lowest BCUT2D eigenvalue weighted by atomic mass is 9.95. The fourth-order valence-electron chi connectivity index (χ4n) is 2.62. The Bertz CT molecular complexity index is 903. The summed E-state index contributed by atoms with van der Waals surface area (Å²) in [6, 6.07) is 12.8. The minimum Gasteiger partial charge on any atom is -0.481 e. The zero-order valence-electron chi connectivity index (χ0n) is 15.5. The molecule has 2 N–H and O–H groups in total. The van der Waals surface area contributed by atoms with Gasteiger partial charge in [-0.05, 0) is 29.7 Å². The molecule has 0 unspecified atom stereocenters. The highest BCUT2D eigenvalue weighted by atomic mass is 16.6. The van der Waals surface area contributed by atoms with Crippen molar-refractivity contribution < 1.29 is 38.9 Å². The van der Waals surface area contributed by atoms with E-state index in [0.717, 1.165) is 0 Å². The fraction of sp³-hybridized carbons (Fsp3) is 0.238. The first kappa shape index (κ1) is 21.6. The van der Waals surface area contributed by atoms with Crippen LogP contribution in [0.4, 0.5) is 0 Å². The molecule has 0 aliphatic carbocycles. The van der Waals surface area contributed by atoms with Gasteiger partial charge in [0, 0.05) is 12.8 Å². The van der Waals surface area contributed by atoms with Crippen LogP contribution < -0.4 is 0 Å². The number of ether oxygens (including phenoxy) is 2. The van der Waals surface area contributed by atoms with Crippen LogP contribution in [0.1, 0.15) is 40.0 Å². The first-order chi connectivity index (χ1) is 13.9. The topological polar surface area (TPSA) is 127 Å². The van der Waals surface area contributed by atoms with E-state index in [4.69, 9.17) is 14.6 Å². The second kappa shape index (κ2) is 10.6. The number of carboxylic acid groups (broad SMARTS) is 2. The number of carbonyl (C=O) groups is 4. The average molecular weight is 400 g/mol. The molecule has 0 heterocycles. The van der Waals surface area contributed by atoms with Crippen LogP contribution in [0.25, 0.3) is 11.1 Å². The summed E-state index contributed by atoms with van der Waals surface area (Å²) in [5.41, 5.74) is 1.05. The summed E-state index contributed by atoms with van der Waals surface area (Å²) in [6.07, 6.45) is 0.0120. The maximum atomic E-state index is 12.4. The third-order valence-electron chi connectivity index (χ3n) is 3.95. The minimum absolute atomic E-state index is 0.0327. The van der Waals surface area contributed by atoms with E-state index in [1.165, 1.54) is 12.1 Å². The molecule has 0 bridgehead atoms. The first-order valence-corrected chi connectivity index (χ1v) is 8.86. The maximum Gasteiger partial charge on any atom is 0.338 e. The number of hydrogen-bond donors (Lipinski definition) is 2. The molecule has 0 saturated heterocycles. The van der Waals surface area contributed by atoms with E-state index in [-0.39, 0.29) is 43.6 Å². The van der Waals surface area contributed by atoms with Crippen molar-refractivity contribution in [3.8, 4) is 11.1 Å². The van der Waals surface area contributed by atoms with Crippen molar-refractivity contribution in [2.24, 2.45) is 0 Å². The van der Waals surface area contributed by atoms with Crippen LogP contribution in [-0.4, -0.2) is 47.3 Å². The number of aliphatic carboxylic acids is 1. The Hall–Kier alpha value is -3.68. The van der Waals surface area contributed by atoms with E-state index in [1.54, 1.807) is 36.4 Å². The van der Waals surface area contributed by atoms with Gasteiger partial charge in [-0.25, -0.2) is 9.59 Å². The Morgan fingerprint density at radius 3 is 1.90 bits per heavy atom. The number of benzene rings is 2. The van der Waals surface area contributed by atoms with Crippen LogP contribution in [0, 0.1) is 0 Å². The lowest BCUT2D eigenvalue weighted by Crippen LogP contribution is -2.15. The summed E-state index contributed by atoms with van der Waals surface area (Å²) >= 11 is 0. The first-order valence-electron chi connectivity index (χ1n) is 8.86. The van der Waals surface area contributed by atoms with Gasteiger partial charge in [0.2, 0.25) is 0 Å². The molecule has 2 aromatic rings. The molecule has 0 aliphatic rings. The Balaban J connectivity index is 1.97. The van der Waals surface area contributed by atoms with Crippen LogP contribution in [-0.2, 0) is 19.1 Å². The molecule has 0 amide bonds. The molecule has 0 saturated carbocycles. The molecule has 0 aromatic heterocycles. The largest absolute Gasteiger partial charge is 0.481 e. The third-order valence-corrected chi connectivity index (χ3v) is 3.95. The highest BCUT2D eigenvalue weighted by molar-refractivity contribution is 6.02. The molecule has 8 nitrogen and oxygen atoms in total. The van der Waals surface area contributed by atoms with Gasteiger partial charge in [-0.3, -0.25) is 9.59 Å². The van der Waals surface area contributed by atoms with E-state index in [1.807, 2.05) is 0 Å². The number of carboxylic acids is 2. The van der Waals surface area contributed by atoms with Gasteiger partial charge in [-0.1, -0.05) is 36.4 Å². The third kappa shape index (κ3) is 6.46. The Morgan fingerprint density at radius 2 is 1.28 bits per heavy atom. The summed E-state index contributed by atoms with van der Waals surface area (Å²) < 4.78 is 10.0. The van der Waals surface area contributed by atoms with E-state index in [9.17, 15) is 24.3 Å². The molecule has 2 rings (SSSR count). The van der Waals surface area contributed by atoms with Gasteiger partial charge in [0.1, 0.15) is 13.2 Å². The molecule has 0 aliphatic heterocycles. The molecule has 0 atom stereocenters. The van der Waals surface area contributed by atoms with Crippen molar-refractivity contribution in [2.75, 3.05) is 13.2 Å². The normalized spacial score (nSPS) is 10.2. The molecular formula is C21H20O8. The number of rotatable bonds is 10. The van der Waals surface area contributed by atoms with Gasteiger partial charge < -0.3 is 19.7 Å². The average Bonchev–Trinajstić information content (AvgIpc) is 2.70. The van der Waals surface area contributed by atoms with Gasteiger partial charge in [0.15, 0.2) is 0 Å². The van der Waals surface area contributed by atoms with Crippen LogP contribution in [0.5, 0.6) is 0 Å². The monoisotopic (exact) mass is 400 g/mol. The Morgan fingerprint density at radius 1 is 0.724 bits per heavy atom. The second-order valence-electron chi connectivity index (χ2n) is 6.00. The zero-order valence-corrected chi connectivity index (χ0v) is 15.5. The van der Waals surface area contributed by atoms with Crippen molar-refractivity contribution in [1.82, 2.24) is 0 Å². The van der Waals surface area contributed by atoms with Crippen molar-refractivity contribution in [2.45, 2.75) is 19.3 Å².